The van der Waals surface area contributed by atoms with E-state index in [2.05, 4.69) is 4.98 Å². The highest BCUT2D eigenvalue weighted by Crippen LogP contribution is 2.45. The second kappa shape index (κ2) is 8.43. The molecular formula is C27H18ClFN2O4S. The number of aromatic nitrogens is 1. The van der Waals surface area contributed by atoms with Gasteiger partial charge in [-0.15, -0.1) is 0 Å². The standard InChI is InChI=1S/C27H18ClFN2O4S/c1-13-10-16-11-15(4-9-20(16)35-13)24(32)22-23(14-2-6-18(29)7-3-14)31(26(34)25(22)33)27-30-19-8-5-17(28)12-21(19)36-27/h2-9,11-13,23,32H,10H2,1H3/b24-22+/t13-,23+/m0/s1. The number of carbonyl (C=O) groups excluding carboxylic acids is 2. The predicted octanol–water partition coefficient (Wildman–Crippen LogP) is 6.04. The number of anilines is 1. The van der Waals surface area contributed by atoms with E-state index in [1.54, 1.807) is 36.4 Å². The van der Waals surface area contributed by atoms with E-state index in [1.165, 1.54) is 40.5 Å². The van der Waals surface area contributed by atoms with Crippen LogP contribution in [0.5, 0.6) is 5.75 Å². The van der Waals surface area contributed by atoms with E-state index in [1.807, 2.05) is 6.92 Å². The zero-order valence-corrected chi connectivity index (χ0v) is 20.4. The van der Waals surface area contributed by atoms with Gasteiger partial charge in [0.25, 0.3) is 5.78 Å². The highest BCUT2D eigenvalue weighted by molar-refractivity contribution is 7.22. The van der Waals surface area contributed by atoms with Gasteiger partial charge in [-0.3, -0.25) is 14.5 Å². The molecule has 2 aliphatic heterocycles. The van der Waals surface area contributed by atoms with Crippen LogP contribution in [0.15, 0.2) is 66.2 Å². The Hall–Kier alpha value is -3.75. The predicted molar refractivity (Wildman–Crippen MR) is 136 cm³/mol. The van der Waals surface area contributed by atoms with Crippen LogP contribution in [-0.2, 0) is 16.0 Å². The molecule has 0 spiro atoms. The Morgan fingerprint density at radius 1 is 1.14 bits per heavy atom. The van der Waals surface area contributed by atoms with E-state index < -0.39 is 23.5 Å². The number of ketones is 1. The number of aliphatic hydroxyl groups excluding tert-OH is 1. The molecule has 1 aromatic heterocycles. The number of thiazole rings is 1. The number of benzene rings is 3. The molecule has 2 aliphatic rings. The number of ether oxygens (including phenoxy) is 1. The number of aliphatic hydroxyl groups is 1. The van der Waals surface area contributed by atoms with Gasteiger partial charge in [-0.2, -0.15) is 0 Å². The average Bonchev–Trinajstić information content (AvgIpc) is 3.51. The molecule has 1 saturated heterocycles. The molecule has 0 bridgehead atoms. The molecule has 0 radical (unpaired) electrons. The van der Waals surface area contributed by atoms with Crippen molar-refractivity contribution in [3.63, 3.8) is 0 Å². The van der Waals surface area contributed by atoms with Gasteiger partial charge in [-0.25, -0.2) is 9.37 Å². The fourth-order valence-electron chi connectivity index (χ4n) is 4.70. The van der Waals surface area contributed by atoms with Gasteiger partial charge >= 0.3 is 5.91 Å². The smallest absolute Gasteiger partial charge is 0.301 e. The van der Waals surface area contributed by atoms with E-state index in [4.69, 9.17) is 16.3 Å². The molecular weight excluding hydrogens is 503 g/mol. The van der Waals surface area contributed by atoms with Crippen molar-refractivity contribution in [1.82, 2.24) is 4.98 Å². The zero-order valence-electron chi connectivity index (χ0n) is 18.9. The summed E-state index contributed by atoms with van der Waals surface area (Å²) in [5, 5.41) is 12.2. The number of amides is 1. The Morgan fingerprint density at radius 3 is 2.69 bits per heavy atom. The summed E-state index contributed by atoms with van der Waals surface area (Å²) in [6, 6.07) is 14.8. The number of Topliss-reactive ketones (excluding diaryl/α,β-unsaturated/α-hetero) is 1. The van der Waals surface area contributed by atoms with Crippen molar-refractivity contribution < 1.29 is 23.8 Å². The van der Waals surface area contributed by atoms with Gasteiger partial charge in [0.05, 0.1) is 21.8 Å². The minimum Gasteiger partial charge on any atom is -0.507 e. The van der Waals surface area contributed by atoms with Crippen LogP contribution in [0, 0.1) is 5.82 Å². The Morgan fingerprint density at radius 2 is 1.92 bits per heavy atom. The number of rotatable bonds is 3. The second-order valence-corrected chi connectivity index (χ2v) is 10.2. The third kappa shape index (κ3) is 3.65. The first-order valence-electron chi connectivity index (χ1n) is 11.2. The SMILES string of the molecule is C[C@H]1Cc2cc(/C(O)=C3\C(=O)C(=O)N(c4nc5ccc(Cl)cc5s4)[C@@H]3c3ccc(F)cc3)ccc2O1. The number of halogens is 2. The van der Waals surface area contributed by atoms with E-state index in [0.29, 0.717) is 28.1 Å². The van der Waals surface area contributed by atoms with Gasteiger partial charge in [0.1, 0.15) is 23.4 Å². The molecule has 9 heteroatoms. The summed E-state index contributed by atoms with van der Waals surface area (Å²) in [6.45, 7) is 1.95. The normalized spacial score (nSPS) is 20.7. The van der Waals surface area contributed by atoms with Gasteiger partial charge in [-0.05, 0) is 66.6 Å². The Bertz CT molecular complexity index is 1600. The van der Waals surface area contributed by atoms with Crippen molar-refractivity contribution >= 4 is 55.7 Å². The summed E-state index contributed by atoms with van der Waals surface area (Å²) in [5.41, 5.74) is 2.30. The topological polar surface area (TPSA) is 79.7 Å². The maximum Gasteiger partial charge on any atom is 0.301 e. The maximum absolute atomic E-state index is 13.8. The van der Waals surface area contributed by atoms with Gasteiger partial charge in [-0.1, -0.05) is 35.1 Å². The lowest BCUT2D eigenvalue weighted by molar-refractivity contribution is -0.132. The number of nitrogens with zero attached hydrogens (tertiary/aromatic N) is 2. The number of carbonyl (C=O) groups is 2. The highest BCUT2D eigenvalue weighted by Gasteiger charge is 2.48. The molecule has 3 heterocycles. The van der Waals surface area contributed by atoms with Gasteiger partial charge in [0.15, 0.2) is 5.13 Å². The second-order valence-electron chi connectivity index (χ2n) is 8.78. The van der Waals surface area contributed by atoms with Crippen molar-refractivity contribution in [2.45, 2.75) is 25.5 Å². The third-order valence-electron chi connectivity index (χ3n) is 6.34. The Labute approximate surface area is 214 Å². The van der Waals surface area contributed by atoms with Crippen LogP contribution in [0.25, 0.3) is 16.0 Å². The summed E-state index contributed by atoms with van der Waals surface area (Å²) in [4.78, 5) is 32.5. The molecule has 3 aromatic carbocycles. The minimum atomic E-state index is -0.995. The molecule has 1 amide bonds. The molecule has 2 atom stereocenters. The lowest BCUT2D eigenvalue weighted by Crippen LogP contribution is -2.29. The minimum absolute atomic E-state index is 0.00901. The molecule has 6 rings (SSSR count). The van der Waals surface area contributed by atoms with Crippen LogP contribution < -0.4 is 9.64 Å². The zero-order chi connectivity index (χ0) is 25.1. The van der Waals surface area contributed by atoms with E-state index in [9.17, 15) is 19.1 Å². The van der Waals surface area contributed by atoms with Crippen molar-refractivity contribution in [3.8, 4) is 5.75 Å². The number of hydrogen-bond acceptors (Lipinski definition) is 6. The molecule has 0 unspecified atom stereocenters. The largest absolute Gasteiger partial charge is 0.507 e. The summed E-state index contributed by atoms with van der Waals surface area (Å²) in [6.07, 6.45) is 0.676. The van der Waals surface area contributed by atoms with Crippen LogP contribution in [0.1, 0.15) is 29.7 Å². The van der Waals surface area contributed by atoms with Crippen LogP contribution in [0.2, 0.25) is 5.02 Å². The molecule has 0 saturated carbocycles. The van der Waals surface area contributed by atoms with Crippen LogP contribution >= 0.6 is 22.9 Å². The summed E-state index contributed by atoms with van der Waals surface area (Å²) in [5.74, 6) is -1.71. The van der Waals surface area contributed by atoms with E-state index in [-0.39, 0.29) is 22.6 Å². The molecule has 1 fully saturated rings. The maximum atomic E-state index is 13.8. The van der Waals surface area contributed by atoms with E-state index in [0.717, 1.165) is 16.0 Å². The quantitative estimate of drug-likeness (QED) is 0.202. The molecule has 0 aliphatic carbocycles. The lowest BCUT2D eigenvalue weighted by atomic mass is 9.94. The van der Waals surface area contributed by atoms with Crippen molar-refractivity contribution in [2.24, 2.45) is 0 Å². The molecule has 4 aromatic rings. The van der Waals surface area contributed by atoms with Gasteiger partial charge in [0, 0.05) is 17.0 Å². The summed E-state index contributed by atoms with van der Waals surface area (Å²) in [7, 11) is 0. The van der Waals surface area contributed by atoms with Crippen LogP contribution in [0.3, 0.4) is 0 Å². The fourth-order valence-corrected chi connectivity index (χ4v) is 5.97. The fraction of sp³-hybridized carbons (Fsp3) is 0.148. The molecule has 1 N–H and O–H groups in total. The lowest BCUT2D eigenvalue weighted by Gasteiger charge is -2.23. The number of fused-ring (bicyclic) bond motifs is 2. The monoisotopic (exact) mass is 520 g/mol. The summed E-state index contributed by atoms with van der Waals surface area (Å²) >= 11 is 7.32. The van der Waals surface area contributed by atoms with Crippen LogP contribution in [0.4, 0.5) is 9.52 Å². The summed E-state index contributed by atoms with van der Waals surface area (Å²) < 4.78 is 20.2. The molecule has 180 valence electrons. The highest BCUT2D eigenvalue weighted by atomic mass is 35.5. The van der Waals surface area contributed by atoms with Gasteiger partial charge < -0.3 is 9.84 Å². The first kappa shape index (κ1) is 22.7. The molecule has 6 nitrogen and oxygen atoms in total. The number of hydrogen-bond donors (Lipinski definition) is 1. The first-order valence-corrected chi connectivity index (χ1v) is 12.4. The van der Waals surface area contributed by atoms with Crippen molar-refractivity contribution in [2.75, 3.05) is 4.90 Å². The van der Waals surface area contributed by atoms with Crippen molar-refractivity contribution in [3.05, 3.63) is 93.8 Å². The average molecular weight is 521 g/mol. The van der Waals surface area contributed by atoms with Gasteiger partial charge in [0.2, 0.25) is 0 Å². The van der Waals surface area contributed by atoms with Crippen LogP contribution in [-0.4, -0.2) is 27.9 Å². The Kier molecular flexibility index (Phi) is 5.31. The first-order chi connectivity index (χ1) is 17.3. The molecule has 36 heavy (non-hydrogen) atoms. The van der Waals surface area contributed by atoms with E-state index >= 15 is 0 Å². The van der Waals surface area contributed by atoms with Crippen molar-refractivity contribution in [1.29, 1.82) is 0 Å². The Balaban J connectivity index is 1.53. The third-order valence-corrected chi connectivity index (χ3v) is 7.60.